The first-order valence-electron chi connectivity index (χ1n) is 12.8. The monoisotopic (exact) mass is 544 g/mol. The third-order valence-corrected chi connectivity index (χ3v) is 29.1. The van der Waals surface area contributed by atoms with E-state index in [1.165, 1.54) is 51.8 Å². The van der Waals surface area contributed by atoms with E-state index in [0.29, 0.717) is 16.6 Å². The van der Waals surface area contributed by atoms with Crippen molar-refractivity contribution in [1.29, 1.82) is 0 Å². The summed E-state index contributed by atoms with van der Waals surface area (Å²) >= 11 is -2.51. The predicted octanol–water partition coefficient (Wildman–Crippen LogP) is 8.03. The molecule has 176 valence electrons. The first-order chi connectivity index (χ1) is 14.1. The molecule has 0 atom stereocenters. The van der Waals surface area contributed by atoms with Crippen LogP contribution in [0.4, 0.5) is 0 Å². The van der Waals surface area contributed by atoms with Gasteiger partial charge >= 0.3 is 194 Å². The fourth-order valence-corrected chi connectivity index (χ4v) is 27.5. The molecule has 0 bridgehead atoms. The fraction of sp³-hybridized carbons (Fsp3) is 0.880. The van der Waals surface area contributed by atoms with E-state index in [0.717, 1.165) is 5.88 Å². The van der Waals surface area contributed by atoms with Gasteiger partial charge in [-0.15, -0.1) is 0 Å². The van der Waals surface area contributed by atoms with E-state index in [9.17, 15) is 0 Å². The second-order valence-corrected chi connectivity index (χ2v) is 28.9. The van der Waals surface area contributed by atoms with Crippen LogP contribution in [0.3, 0.4) is 0 Å². The van der Waals surface area contributed by atoms with E-state index in [2.05, 4.69) is 80.1 Å². The maximum absolute atomic E-state index is 7.00. The summed E-state index contributed by atoms with van der Waals surface area (Å²) in [5.41, 5.74) is 1.74. The van der Waals surface area contributed by atoms with E-state index >= 15 is 0 Å². The minimum absolute atomic E-state index is 0.580. The summed E-state index contributed by atoms with van der Waals surface area (Å²) in [5.74, 6) is 0.931. The van der Waals surface area contributed by atoms with Crippen LogP contribution < -0.4 is 8.14 Å². The van der Waals surface area contributed by atoms with Crippen LogP contribution in [0, 0.1) is 0 Å². The average molecular weight is 544 g/mol. The van der Waals surface area contributed by atoms with Crippen LogP contribution in [0.15, 0.2) is 6.07 Å². The molecular weight excluding hydrogens is 491 g/mol. The summed E-state index contributed by atoms with van der Waals surface area (Å²) in [6, 6.07) is 2.42. The molecule has 30 heavy (non-hydrogen) atoms. The van der Waals surface area contributed by atoms with Crippen molar-refractivity contribution in [2.75, 3.05) is 0 Å². The second kappa shape index (κ2) is 12.9. The molecule has 0 saturated carbocycles. The Hall–Kier alpha value is 0.0256. The van der Waals surface area contributed by atoms with Gasteiger partial charge < -0.3 is 0 Å². The fourth-order valence-electron chi connectivity index (χ4n) is 5.83. The molecule has 0 radical (unpaired) electrons. The van der Waals surface area contributed by atoms with Crippen LogP contribution in [-0.2, 0) is 7.05 Å². The van der Waals surface area contributed by atoms with Gasteiger partial charge in [0.1, 0.15) is 0 Å². The Morgan fingerprint density at radius 1 is 0.833 bits per heavy atom. The molecule has 0 N–H and O–H groups in total. The zero-order chi connectivity index (χ0) is 22.9. The van der Waals surface area contributed by atoms with Crippen molar-refractivity contribution in [3.63, 3.8) is 0 Å². The molecule has 1 aromatic rings. The summed E-state index contributed by atoms with van der Waals surface area (Å²) in [4.78, 5) is 0. The van der Waals surface area contributed by atoms with E-state index < -0.39 is 26.7 Å². The molecule has 0 amide bonds. The third-order valence-electron chi connectivity index (χ3n) is 7.42. The van der Waals surface area contributed by atoms with E-state index in [4.69, 9.17) is 9.52 Å². The molecule has 5 heteroatoms. The number of unbranched alkanes of at least 4 members (excludes halogenated alkanes) is 3. The van der Waals surface area contributed by atoms with Crippen LogP contribution in [-0.4, -0.2) is 36.5 Å². The Labute approximate surface area is 193 Å². The molecule has 3 nitrogen and oxygen atoms in total. The Kier molecular flexibility index (Phi) is 12.1. The van der Waals surface area contributed by atoms with Crippen molar-refractivity contribution >= 4 is 30.4 Å². The van der Waals surface area contributed by atoms with Gasteiger partial charge in [-0.1, -0.05) is 0 Å². The molecule has 0 aliphatic carbocycles. The topological polar surface area (TPSA) is 27.1 Å². The SMILES string of the molecule is CCC[CH2][Sn]([CH2]CCC)([CH2]CCC)[c]1cc(O[Si](C(C)C)(C(C)C)C(C)C)nn1C. The van der Waals surface area contributed by atoms with Crippen molar-refractivity contribution in [3.05, 3.63) is 6.07 Å². The molecule has 0 fully saturated rings. The first kappa shape index (κ1) is 28.1. The maximum atomic E-state index is 7.00. The van der Waals surface area contributed by atoms with Gasteiger partial charge in [0.2, 0.25) is 0 Å². The molecule has 1 aromatic heterocycles. The Morgan fingerprint density at radius 3 is 1.57 bits per heavy atom. The van der Waals surface area contributed by atoms with Crippen molar-refractivity contribution in [1.82, 2.24) is 9.78 Å². The van der Waals surface area contributed by atoms with E-state index in [1.807, 2.05) is 0 Å². The number of aromatic nitrogens is 2. The van der Waals surface area contributed by atoms with Crippen LogP contribution in [0.5, 0.6) is 5.88 Å². The van der Waals surface area contributed by atoms with Gasteiger partial charge in [-0.3, -0.25) is 0 Å². The van der Waals surface area contributed by atoms with Crippen LogP contribution in [0.1, 0.15) is 101 Å². The average Bonchev–Trinajstić information content (AvgIpc) is 3.05. The molecule has 0 unspecified atom stereocenters. The van der Waals surface area contributed by atoms with Gasteiger partial charge in [-0.05, 0) is 0 Å². The second-order valence-electron chi connectivity index (χ2n) is 10.5. The molecule has 0 aliphatic heterocycles. The van der Waals surface area contributed by atoms with Crippen molar-refractivity contribution in [3.8, 4) is 5.88 Å². The molecule has 0 saturated heterocycles. The quantitative estimate of drug-likeness (QED) is 0.210. The minimum atomic E-state index is -2.51. The van der Waals surface area contributed by atoms with Gasteiger partial charge in [0, 0.05) is 0 Å². The zero-order valence-corrected chi connectivity index (χ0v) is 25.8. The van der Waals surface area contributed by atoms with E-state index in [1.54, 1.807) is 3.71 Å². The van der Waals surface area contributed by atoms with Crippen LogP contribution >= 0.6 is 0 Å². The Morgan fingerprint density at radius 2 is 1.23 bits per heavy atom. The number of hydrogen-bond donors (Lipinski definition) is 0. The Bertz CT molecular complexity index is 569. The summed E-state index contributed by atoms with van der Waals surface area (Å²) in [5, 5.41) is 5.01. The van der Waals surface area contributed by atoms with Gasteiger partial charge in [-0.2, -0.15) is 0 Å². The van der Waals surface area contributed by atoms with Crippen molar-refractivity contribution in [2.45, 2.75) is 131 Å². The molecule has 0 aromatic carbocycles. The third kappa shape index (κ3) is 6.52. The van der Waals surface area contributed by atoms with Gasteiger partial charge in [0.15, 0.2) is 0 Å². The van der Waals surface area contributed by atoms with Gasteiger partial charge in [0.25, 0.3) is 0 Å². The molecular formula is C25H52N2OSiSn. The molecule has 0 aliphatic rings. The standard InChI is InChI=1S/C13H25N2OSi.3C4H9.Sn/c1-10(2)17(11(3)4,12(5)6)16-13-8-9-15(7)14-13;3*1-3-4-2;/h8,10-12H,1-7H3;3*1,3-4H2,2H3;. The first-order valence-corrected chi connectivity index (χ1v) is 22.5. The van der Waals surface area contributed by atoms with Crippen molar-refractivity contribution in [2.24, 2.45) is 7.05 Å². The van der Waals surface area contributed by atoms with Gasteiger partial charge in [-0.25, -0.2) is 0 Å². The number of hydrogen-bond acceptors (Lipinski definition) is 2. The van der Waals surface area contributed by atoms with E-state index in [-0.39, 0.29) is 0 Å². The van der Waals surface area contributed by atoms with Crippen LogP contribution in [0.2, 0.25) is 29.9 Å². The summed E-state index contributed by atoms with van der Waals surface area (Å²) in [6.07, 6.45) is 8.07. The van der Waals surface area contributed by atoms with Gasteiger partial charge in [0.05, 0.1) is 0 Å². The normalized spacial score (nSPS) is 13.1. The molecule has 1 rings (SSSR count). The number of aryl methyl sites for hydroxylation is 1. The molecule has 0 spiro atoms. The predicted molar refractivity (Wildman–Crippen MR) is 139 cm³/mol. The Balaban J connectivity index is 3.42. The number of rotatable bonds is 15. The summed E-state index contributed by atoms with van der Waals surface area (Å²) < 4.78 is 15.3. The van der Waals surface area contributed by atoms with Crippen LogP contribution in [0.25, 0.3) is 0 Å². The summed E-state index contributed by atoms with van der Waals surface area (Å²) in [6.45, 7) is 21.2. The zero-order valence-electron chi connectivity index (χ0n) is 22.0. The van der Waals surface area contributed by atoms with Crippen molar-refractivity contribution < 1.29 is 4.43 Å². The molecule has 1 heterocycles. The number of nitrogens with zero attached hydrogens (tertiary/aromatic N) is 2. The summed E-state index contributed by atoms with van der Waals surface area (Å²) in [7, 11) is 0.230.